The topological polar surface area (TPSA) is 6.48 Å². The number of anilines is 6. The van der Waals surface area contributed by atoms with Gasteiger partial charge in [-0.15, -0.1) is 0 Å². The van der Waals surface area contributed by atoms with Crippen LogP contribution in [0.25, 0.3) is 165 Å². The molecule has 0 unspecified atom stereocenters. The minimum absolute atomic E-state index is 0.217. The summed E-state index contributed by atoms with van der Waals surface area (Å²) >= 11 is 0. The van der Waals surface area contributed by atoms with Crippen LogP contribution in [0.5, 0.6) is 0 Å². The van der Waals surface area contributed by atoms with Crippen LogP contribution in [0.4, 0.5) is 34.1 Å². The van der Waals surface area contributed by atoms with E-state index in [0.717, 1.165) is 78.6 Å². The minimum atomic E-state index is -0.217. The summed E-state index contributed by atoms with van der Waals surface area (Å²) < 4.78 is 0. The van der Waals surface area contributed by atoms with E-state index in [1.54, 1.807) is 0 Å². The van der Waals surface area contributed by atoms with Crippen molar-refractivity contribution in [2.24, 2.45) is 0 Å². The highest BCUT2D eigenvalue weighted by Gasteiger charge is 2.44. The Balaban J connectivity index is 0.807. The minimum Gasteiger partial charge on any atom is -0.311 e. The molecule has 20 aromatic rings. The van der Waals surface area contributed by atoms with Crippen LogP contribution in [0, 0.1) is 0 Å². The second-order valence-corrected chi connectivity index (χ2v) is 30.5. The molecule has 2 nitrogen and oxygen atoms in total. The Hall–Kier alpha value is -14.9. The maximum absolute atomic E-state index is 2.61. The van der Waals surface area contributed by atoms with Crippen LogP contribution >= 0.6 is 0 Å². The van der Waals surface area contributed by atoms with E-state index in [-0.39, 0.29) is 6.71 Å². The molecule has 534 valence electrons. The first-order chi connectivity index (χ1) is 57.0. The summed E-state index contributed by atoms with van der Waals surface area (Å²) in [5, 5.41) is 9.73. The second-order valence-electron chi connectivity index (χ2n) is 30.5. The van der Waals surface area contributed by atoms with Crippen LogP contribution in [-0.4, -0.2) is 6.71 Å². The Morgan fingerprint density at radius 3 is 0.583 bits per heavy atom. The average molecular weight is 1460 g/mol. The molecule has 2 heterocycles. The predicted molar refractivity (Wildman–Crippen MR) is 490 cm³/mol. The van der Waals surface area contributed by atoms with Crippen molar-refractivity contribution >= 4 is 100 Å². The van der Waals surface area contributed by atoms with Gasteiger partial charge < -0.3 is 9.80 Å². The van der Waals surface area contributed by atoms with E-state index >= 15 is 0 Å². The maximum atomic E-state index is 2.61. The van der Waals surface area contributed by atoms with E-state index in [1.165, 1.54) is 137 Å². The van der Waals surface area contributed by atoms with Gasteiger partial charge in [0.15, 0.2) is 0 Å². The zero-order valence-corrected chi connectivity index (χ0v) is 63.1. The fraction of sp³-hybridized carbons (Fsp3) is 0. The van der Waals surface area contributed by atoms with Crippen LogP contribution in [0.1, 0.15) is 0 Å². The molecule has 22 rings (SSSR count). The molecule has 0 aliphatic carbocycles. The highest BCUT2D eigenvalue weighted by molar-refractivity contribution is 7.00. The van der Waals surface area contributed by atoms with Crippen molar-refractivity contribution < 1.29 is 0 Å². The van der Waals surface area contributed by atoms with Crippen molar-refractivity contribution in [3.05, 3.63) is 443 Å². The molecule has 0 amide bonds. The lowest BCUT2D eigenvalue weighted by atomic mass is 9.33. The molecule has 0 fully saturated rings. The normalized spacial score (nSPS) is 12.1. The Morgan fingerprint density at radius 2 is 0.330 bits per heavy atom. The Bertz CT molecular complexity index is 6510. The summed E-state index contributed by atoms with van der Waals surface area (Å²) in [5.74, 6) is 0. The SMILES string of the molecule is c1ccc(-c2cc(-c3ccccc3)cc(-c3ccc(N4c5cc(-c6c7ccccc7c(-c7ccccc7)c7ccccc67)ccc5B5c6ccc(-c7c8ccccc8c(-c8ccccc8)c8ccccc78)cc6N(c6ccc(-c7cc(-c8ccccc8)cc(-c8ccccc8)c7)cc6)c6cc(-c7ccccc7)cc4c65)cc3)c2)cc1. The molecular weight excluding hydrogens is 1380 g/mol. The van der Waals surface area contributed by atoms with Crippen LogP contribution in [-0.2, 0) is 0 Å². The lowest BCUT2D eigenvalue weighted by Gasteiger charge is -2.45. The molecule has 115 heavy (non-hydrogen) atoms. The summed E-state index contributed by atoms with van der Waals surface area (Å²) in [7, 11) is 0. The molecule has 0 saturated heterocycles. The Morgan fingerprint density at radius 1 is 0.139 bits per heavy atom. The number of fused-ring (bicyclic) bond motifs is 8. The molecule has 2 aliphatic heterocycles. The summed E-state index contributed by atoms with van der Waals surface area (Å²) in [6, 6.07) is 165. The van der Waals surface area contributed by atoms with E-state index in [0.29, 0.717) is 0 Å². The van der Waals surface area contributed by atoms with Crippen molar-refractivity contribution in [3.8, 4) is 122 Å². The molecule has 20 aromatic carbocycles. The molecule has 0 aromatic heterocycles. The molecule has 3 heteroatoms. The van der Waals surface area contributed by atoms with Gasteiger partial charge in [-0.05, 0) is 267 Å². The predicted octanol–water partition coefficient (Wildman–Crippen LogP) is 28.7. The Kier molecular flexibility index (Phi) is 16.4. The van der Waals surface area contributed by atoms with Gasteiger partial charge in [0.1, 0.15) is 0 Å². The first kappa shape index (κ1) is 67.0. The van der Waals surface area contributed by atoms with Crippen molar-refractivity contribution in [1.82, 2.24) is 0 Å². The lowest BCUT2D eigenvalue weighted by Crippen LogP contribution is -2.61. The molecule has 0 saturated carbocycles. The van der Waals surface area contributed by atoms with Gasteiger partial charge in [0.05, 0.1) is 0 Å². The summed E-state index contributed by atoms with van der Waals surface area (Å²) in [4.78, 5) is 5.22. The number of hydrogen-bond acceptors (Lipinski definition) is 2. The second kappa shape index (κ2) is 28.1. The monoisotopic (exact) mass is 1460 g/mol. The summed E-state index contributed by atoms with van der Waals surface area (Å²) in [6.07, 6.45) is 0. The standard InChI is InChI=1S/C112H73BN2/c1-8-30-74(31-9-1)85-64-86(75-32-10-2-11-33-75)67-89(66-85)79-52-58-92(59-53-79)114-104-70-83(110-98-48-26-22-44-94(98)108(81-40-18-6-19-41-81)95-45-23-27-49-99(95)110)56-62-102(104)113-103-63-57-84(111-100-50-28-24-46-96(100)109(82-42-20-7-21-43-82)97-47-25-29-51-101(97)111)71-105(103)115(107-73-91(72-106(114)112(107)113)78-38-16-5-17-39-78)93-60-54-80(55-61-93)90-68-87(76-34-12-3-13-35-76)65-88(69-90)77-36-14-4-15-37-77/h1-73H. The number of benzene rings is 20. The third-order valence-corrected chi connectivity index (χ3v) is 24.0. The number of rotatable bonds is 13. The molecule has 2 aliphatic rings. The van der Waals surface area contributed by atoms with E-state index < -0.39 is 0 Å². The van der Waals surface area contributed by atoms with Gasteiger partial charge in [-0.2, -0.15) is 0 Å². The van der Waals surface area contributed by atoms with E-state index in [4.69, 9.17) is 0 Å². The van der Waals surface area contributed by atoms with Crippen molar-refractivity contribution in [3.63, 3.8) is 0 Å². The number of nitrogens with zero attached hydrogens (tertiary/aromatic N) is 2. The Labute approximate surface area is 670 Å². The zero-order valence-electron chi connectivity index (χ0n) is 63.1. The molecule has 0 atom stereocenters. The third kappa shape index (κ3) is 11.7. The first-order valence-corrected chi connectivity index (χ1v) is 39.9. The summed E-state index contributed by atoms with van der Waals surface area (Å²) in [6.45, 7) is -0.217. The maximum Gasteiger partial charge on any atom is 0.252 e. The van der Waals surface area contributed by atoms with Crippen LogP contribution in [0.15, 0.2) is 443 Å². The van der Waals surface area contributed by atoms with Crippen molar-refractivity contribution in [1.29, 1.82) is 0 Å². The number of hydrogen-bond donors (Lipinski definition) is 0. The zero-order chi connectivity index (χ0) is 75.9. The molecule has 0 radical (unpaired) electrons. The van der Waals surface area contributed by atoms with E-state index in [9.17, 15) is 0 Å². The molecular formula is C112H73BN2. The van der Waals surface area contributed by atoms with Crippen molar-refractivity contribution in [2.45, 2.75) is 0 Å². The highest BCUT2D eigenvalue weighted by atomic mass is 15.2. The summed E-state index contributed by atoms with van der Waals surface area (Å²) in [5.41, 5.74) is 36.2. The molecule has 0 spiro atoms. The van der Waals surface area contributed by atoms with Gasteiger partial charge in [0, 0.05) is 34.1 Å². The molecule has 0 bridgehead atoms. The van der Waals surface area contributed by atoms with E-state index in [1.807, 2.05) is 0 Å². The third-order valence-electron chi connectivity index (χ3n) is 24.0. The fourth-order valence-corrected chi connectivity index (χ4v) is 18.7. The smallest absolute Gasteiger partial charge is 0.252 e. The van der Waals surface area contributed by atoms with Gasteiger partial charge >= 0.3 is 0 Å². The largest absolute Gasteiger partial charge is 0.311 e. The lowest BCUT2D eigenvalue weighted by molar-refractivity contribution is 1.25. The van der Waals surface area contributed by atoms with Gasteiger partial charge in [-0.25, -0.2) is 0 Å². The highest BCUT2D eigenvalue weighted by Crippen LogP contribution is 2.52. The van der Waals surface area contributed by atoms with Crippen molar-refractivity contribution in [2.75, 3.05) is 9.80 Å². The van der Waals surface area contributed by atoms with Gasteiger partial charge in [0.25, 0.3) is 6.71 Å². The van der Waals surface area contributed by atoms with Crippen LogP contribution in [0.3, 0.4) is 0 Å². The fourth-order valence-electron chi connectivity index (χ4n) is 18.7. The van der Waals surface area contributed by atoms with Gasteiger partial charge in [-0.1, -0.05) is 358 Å². The van der Waals surface area contributed by atoms with Crippen LogP contribution in [0.2, 0.25) is 0 Å². The van der Waals surface area contributed by atoms with Gasteiger partial charge in [-0.3, -0.25) is 0 Å². The molecule has 0 N–H and O–H groups in total. The quantitative estimate of drug-likeness (QED) is 0.0838. The van der Waals surface area contributed by atoms with Gasteiger partial charge in [0.2, 0.25) is 0 Å². The van der Waals surface area contributed by atoms with E-state index in [2.05, 4.69) is 453 Å². The first-order valence-electron chi connectivity index (χ1n) is 39.9. The van der Waals surface area contributed by atoms with Crippen LogP contribution < -0.4 is 26.2 Å². The average Bonchev–Trinajstić information content (AvgIpc) is 0.692.